The zero-order valence-electron chi connectivity index (χ0n) is 17.4. The molecule has 1 aliphatic carbocycles. The summed E-state index contributed by atoms with van der Waals surface area (Å²) < 4.78 is 2.32. The van der Waals surface area contributed by atoms with Gasteiger partial charge in [-0.2, -0.15) is 0 Å². The molecule has 0 fully saturated rings. The lowest BCUT2D eigenvalue weighted by atomic mass is 9.95. The number of anilines is 1. The fraction of sp³-hybridized carbons (Fsp3) is 0.375. The molecule has 0 saturated heterocycles. The number of fused-ring (bicyclic) bond motifs is 5. The molecule has 5 rings (SSSR count). The second kappa shape index (κ2) is 7.78. The molecule has 6 heteroatoms. The number of aromatic nitrogens is 1. The maximum Gasteiger partial charge on any atom is 0.322 e. The minimum absolute atomic E-state index is 0.0262. The van der Waals surface area contributed by atoms with E-state index in [1.807, 2.05) is 41.4 Å². The molecule has 30 heavy (non-hydrogen) atoms. The predicted molar refractivity (Wildman–Crippen MR) is 124 cm³/mol. The van der Waals surface area contributed by atoms with Gasteiger partial charge in [-0.1, -0.05) is 24.6 Å². The number of amides is 2. The first-order valence-electron chi connectivity index (χ1n) is 10.7. The van der Waals surface area contributed by atoms with E-state index >= 15 is 0 Å². The zero-order chi connectivity index (χ0) is 20.8. The van der Waals surface area contributed by atoms with Crippen LogP contribution in [-0.2, 0) is 19.4 Å². The monoisotopic (exact) mass is 439 g/mol. The zero-order valence-corrected chi connectivity index (χ0v) is 18.9. The van der Waals surface area contributed by atoms with Gasteiger partial charge in [0.15, 0.2) is 0 Å². The van der Waals surface area contributed by atoms with Crippen LogP contribution in [0.2, 0.25) is 5.02 Å². The first-order valence-corrected chi connectivity index (χ1v) is 11.9. The number of rotatable bonds is 2. The lowest BCUT2D eigenvalue weighted by molar-refractivity contribution is 0.181. The van der Waals surface area contributed by atoms with Crippen molar-refractivity contribution < 1.29 is 4.79 Å². The Balaban J connectivity index is 1.57. The van der Waals surface area contributed by atoms with Gasteiger partial charge in [0.2, 0.25) is 0 Å². The molecule has 2 amide bonds. The number of urea groups is 1. The molecule has 1 aliphatic heterocycles. The van der Waals surface area contributed by atoms with E-state index in [0.717, 1.165) is 30.5 Å². The molecular formula is C24H26ClN3OS. The molecule has 1 aromatic carbocycles. The van der Waals surface area contributed by atoms with Crippen molar-refractivity contribution in [3.05, 3.63) is 68.8 Å². The Hall–Kier alpha value is -2.24. The Morgan fingerprint density at radius 3 is 2.87 bits per heavy atom. The summed E-state index contributed by atoms with van der Waals surface area (Å²) in [6, 6.07) is 9.86. The lowest BCUT2D eigenvalue weighted by Crippen LogP contribution is -2.37. The summed E-state index contributed by atoms with van der Waals surface area (Å²) in [5.74, 6) is 0. The smallest absolute Gasteiger partial charge is 0.312 e. The molecule has 2 aromatic heterocycles. The fourth-order valence-corrected chi connectivity index (χ4v) is 6.42. The van der Waals surface area contributed by atoms with E-state index < -0.39 is 0 Å². The van der Waals surface area contributed by atoms with E-state index in [4.69, 9.17) is 11.6 Å². The minimum atomic E-state index is -0.0661. The molecule has 1 N–H and O–H groups in total. The minimum Gasteiger partial charge on any atom is -0.312 e. The third-order valence-electron chi connectivity index (χ3n) is 6.46. The van der Waals surface area contributed by atoms with Crippen molar-refractivity contribution in [1.29, 1.82) is 0 Å². The van der Waals surface area contributed by atoms with Gasteiger partial charge in [-0.25, -0.2) is 4.79 Å². The van der Waals surface area contributed by atoms with Crippen LogP contribution in [0.25, 0.3) is 5.00 Å². The summed E-state index contributed by atoms with van der Waals surface area (Å²) in [6.45, 7) is 4.74. The van der Waals surface area contributed by atoms with Crippen molar-refractivity contribution >= 4 is 34.7 Å². The van der Waals surface area contributed by atoms with Crippen LogP contribution < -0.4 is 5.32 Å². The Morgan fingerprint density at radius 2 is 2.03 bits per heavy atom. The van der Waals surface area contributed by atoms with Gasteiger partial charge in [0.05, 0.1) is 12.6 Å². The number of nitrogens with one attached hydrogen (secondary N) is 1. The highest BCUT2D eigenvalue weighted by molar-refractivity contribution is 7.15. The van der Waals surface area contributed by atoms with Crippen LogP contribution in [-0.4, -0.2) is 15.5 Å². The molecule has 156 valence electrons. The van der Waals surface area contributed by atoms with Crippen molar-refractivity contribution in [2.45, 2.75) is 58.5 Å². The van der Waals surface area contributed by atoms with Gasteiger partial charge in [-0.05, 0) is 74.4 Å². The lowest BCUT2D eigenvalue weighted by Gasteiger charge is -2.30. The van der Waals surface area contributed by atoms with Crippen LogP contribution in [0, 0.1) is 6.92 Å². The number of hydrogen-bond donors (Lipinski definition) is 1. The molecule has 0 saturated carbocycles. The summed E-state index contributed by atoms with van der Waals surface area (Å²) >= 11 is 8.20. The van der Waals surface area contributed by atoms with Crippen LogP contribution in [0.3, 0.4) is 0 Å². The van der Waals surface area contributed by atoms with Crippen LogP contribution in [0.4, 0.5) is 10.5 Å². The summed E-state index contributed by atoms with van der Waals surface area (Å²) in [6.07, 6.45) is 7.80. The standard InChI is InChI=1S/C24H26ClN3OS/c1-3-20-21-11-7-13-27(21)23-17(16-8-4-5-12-22(16)30-23)14-28(20)24(29)26-19-10-6-9-18(25)15(19)2/h6-7,9-11,13,20H,3-5,8,12,14H2,1-2H3,(H,26,29)/t20-/m1/s1. The first-order chi connectivity index (χ1) is 14.6. The SMILES string of the molecule is CC[C@@H]1c2cccn2-c2sc3c(c2CN1C(=O)Nc1cccc(Cl)c1C)CCCC3. The Labute approximate surface area is 186 Å². The van der Waals surface area contributed by atoms with Gasteiger partial charge in [-0.3, -0.25) is 0 Å². The molecular weight excluding hydrogens is 414 g/mol. The van der Waals surface area contributed by atoms with Gasteiger partial charge in [0, 0.05) is 33.0 Å². The average Bonchev–Trinajstić information content (AvgIpc) is 3.33. The predicted octanol–water partition coefficient (Wildman–Crippen LogP) is 6.88. The molecule has 3 aromatic rings. The van der Waals surface area contributed by atoms with Crippen molar-refractivity contribution in [2.24, 2.45) is 0 Å². The quantitative estimate of drug-likeness (QED) is 0.464. The second-order valence-corrected chi connectivity index (χ2v) is 9.68. The number of carbonyl (C=O) groups is 1. The maximum atomic E-state index is 13.6. The van der Waals surface area contributed by atoms with E-state index in [0.29, 0.717) is 11.6 Å². The van der Waals surface area contributed by atoms with Crippen molar-refractivity contribution in [1.82, 2.24) is 9.47 Å². The number of benzene rings is 1. The summed E-state index contributed by atoms with van der Waals surface area (Å²) in [5, 5.41) is 5.10. The van der Waals surface area contributed by atoms with Crippen LogP contribution in [0.1, 0.15) is 59.5 Å². The number of halogens is 1. The fourth-order valence-electron chi connectivity index (χ4n) is 4.84. The molecule has 0 unspecified atom stereocenters. The number of nitrogens with zero attached hydrogens (tertiary/aromatic N) is 2. The number of hydrogen-bond acceptors (Lipinski definition) is 2. The summed E-state index contributed by atoms with van der Waals surface area (Å²) in [4.78, 5) is 17.1. The first kappa shape index (κ1) is 19.7. The third kappa shape index (κ3) is 3.15. The highest BCUT2D eigenvalue weighted by Gasteiger charge is 2.34. The van der Waals surface area contributed by atoms with Gasteiger partial charge >= 0.3 is 6.03 Å². The van der Waals surface area contributed by atoms with Crippen LogP contribution in [0.5, 0.6) is 0 Å². The molecule has 4 nitrogen and oxygen atoms in total. The van der Waals surface area contributed by atoms with Crippen molar-refractivity contribution in [3.63, 3.8) is 0 Å². The van der Waals surface area contributed by atoms with E-state index in [-0.39, 0.29) is 12.1 Å². The van der Waals surface area contributed by atoms with E-state index in [1.165, 1.54) is 39.5 Å². The molecule has 0 bridgehead atoms. The summed E-state index contributed by atoms with van der Waals surface area (Å²) in [7, 11) is 0. The largest absolute Gasteiger partial charge is 0.322 e. The maximum absolute atomic E-state index is 13.6. The number of carbonyl (C=O) groups excluding carboxylic acids is 1. The normalized spacial score (nSPS) is 17.7. The van der Waals surface area contributed by atoms with E-state index in [1.54, 1.807) is 0 Å². The highest BCUT2D eigenvalue weighted by Crippen LogP contribution is 2.43. The molecule has 1 atom stereocenters. The van der Waals surface area contributed by atoms with E-state index in [2.05, 4.69) is 35.1 Å². The summed E-state index contributed by atoms with van der Waals surface area (Å²) in [5.41, 5.74) is 5.67. The third-order valence-corrected chi connectivity index (χ3v) is 8.20. The van der Waals surface area contributed by atoms with Gasteiger partial charge in [0.25, 0.3) is 0 Å². The molecule has 2 aliphatic rings. The number of aryl methyl sites for hydroxylation is 1. The number of thiophene rings is 1. The van der Waals surface area contributed by atoms with Gasteiger partial charge < -0.3 is 14.8 Å². The van der Waals surface area contributed by atoms with Gasteiger partial charge in [0.1, 0.15) is 5.00 Å². The molecule has 0 radical (unpaired) electrons. The average molecular weight is 440 g/mol. The van der Waals surface area contributed by atoms with E-state index in [9.17, 15) is 4.79 Å². The highest BCUT2D eigenvalue weighted by atomic mass is 35.5. The Morgan fingerprint density at radius 1 is 1.20 bits per heavy atom. The van der Waals surface area contributed by atoms with Crippen molar-refractivity contribution in [3.8, 4) is 5.00 Å². The topological polar surface area (TPSA) is 37.3 Å². The van der Waals surface area contributed by atoms with Gasteiger partial charge in [-0.15, -0.1) is 11.3 Å². The van der Waals surface area contributed by atoms with Crippen LogP contribution in [0.15, 0.2) is 36.5 Å². The Bertz CT molecular complexity index is 1120. The second-order valence-electron chi connectivity index (χ2n) is 8.19. The molecule has 0 spiro atoms. The molecule has 3 heterocycles. The Kier molecular flexibility index (Phi) is 5.11. The van der Waals surface area contributed by atoms with Crippen molar-refractivity contribution in [2.75, 3.05) is 5.32 Å². The van der Waals surface area contributed by atoms with Crippen LogP contribution >= 0.6 is 22.9 Å².